The van der Waals surface area contributed by atoms with Gasteiger partial charge < -0.3 is 20.7 Å². The number of thiocarbonyl (C=S) groups is 1. The molecule has 2 aliphatic rings. The number of hydrogen-bond donors (Lipinski definition) is 3. The Labute approximate surface area is 187 Å². The van der Waals surface area contributed by atoms with Crippen LogP contribution in [-0.4, -0.2) is 24.2 Å². The SMILES string of the molecule is CCCc1c(NC(=O)C2CC2)sc2c1CC(NC(=S)Nc1ccc(OC)cc1)CC2. The number of thiophene rings is 1. The fraction of sp³-hybridized carbons (Fsp3) is 0.478. The third-order valence-corrected chi connectivity index (χ3v) is 7.21. The van der Waals surface area contributed by atoms with Gasteiger partial charge in [0.1, 0.15) is 5.75 Å². The number of benzene rings is 1. The van der Waals surface area contributed by atoms with Crippen molar-refractivity contribution < 1.29 is 9.53 Å². The van der Waals surface area contributed by atoms with E-state index >= 15 is 0 Å². The molecular formula is C23H29N3O2S2. The van der Waals surface area contributed by atoms with E-state index in [0.29, 0.717) is 11.2 Å². The number of aryl methyl sites for hydroxylation is 1. The van der Waals surface area contributed by atoms with Crippen LogP contribution in [0.25, 0.3) is 0 Å². The molecule has 1 aromatic heterocycles. The zero-order chi connectivity index (χ0) is 21.1. The smallest absolute Gasteiger partial charge is 0.228 e. The van der Waals surface area contributed by atoms with Crippen LogP contribution in [0.3, 0.4) is 0 Å². The molecule has 1 aromatic carbocycles. The first kappa shape index (κ1) is 21.1. The molecule has 1 atom stereocenters. The van der Waals surface area contributed by atoms with Gasteiger partial charge in [0.2, 0.25) is 5.91 Å². The summed E-state index contributed by atoms with van der Waals surface area (Å²) >= 11 is 7.33. The van der Waals surface area contributed by atoms with Crippen molar-refractivity contribution in [1.29, 1.82) is 0 Å². The molecule has 0 radical (unpaired) electrons. The van der Waals surface area contributed by atoms with Crippen LogP contribution in [0, 0.1) is 5.92 Å². The minimum Gasteiger partial charge on any atom is -0.497 e. The van der Waals surface area contributed by atoms with Gasteiger partial charge in [-0.15, -0.1) is 11.3 Å². The van der Waals surface area contributed by atoms with Crippen LogP contribution in [0.2, 0.25) is 0 Å². The molecule has 1 amide bonds. The molecule has 160 valence electrons. The Morgan fingerprint density at radius 3 is 2.63 bits per heavy atom. The number of ether oxygens (including phenoxy) is 1. The van der Waals surface area contributed by atoms with E-state index in [0.717, 1.165) is 61.4 Å². The molecule has 2 aromatic rings. The summed E-state index contributed by atoms with van der Waals surface area (Å²) in [6, 6.07) is 8.04. The lowest BCUT2D eigenvalue weighted by Crippen LogP contribution is -2.41. The van der Waals surface area contributed by atoms with Gasteiger partial charge in [-0.05, 0) is 86.1 Å². The second-order valence-corrected chi connectivity index (χ2v) is 9.61. The Hall–Kier alpha value is -2.12. The predicted molar refractivity (Wildman–Crippen MR) is 128 cm³/mol. The lowest BCUT2D eigenvalue weighted by atomic mass is 9.90. The molecule has 30 heavy (non-hydrogen) atoms. The van der Waals surface area contributed by atoms with Crippen LogP contribution in [0.5, 0.6) is 5.75 Å². The van der Waals surface area contributed by atoms with Gasteiger partial charge in [-0.1, -0.05) is 13.3 Å². The average molecular weight is 444 g/mol. The lowest BCUT2D eigenvalue weighted by molar-refractivity contribution is -0.117. The second kappa shape index (κ2) is 9.35. The van der Waals surface area contributed by atoms with Crippen molar-refractivity contribution in [3.8, 4) is 5.75 Å². The summed E-state index contributed by atoms with van der Waals surface area (Å²) in [7, 11) is 1.66. The summed E-state index contributed by atoms with van der Waals surface area (Å²) in [5.41, 5.74) is 3.70. The molecule has 7 heteroatoms. The molecule has 0 bridgehead atoms. The maximum atomic E-state index is 12.3. The Kier molecular flexibility index (Phi) is 6.58. The summed E-state index contributed by atoms with van der Waals surface area (Å²) in [6.45, 7) is 2.20. The third-order valence-electron chi connectivity index (χ3n) is 5.74. The van der Waals surface area contributed by atoms with Crippen molar-refractivity contribution in [2.75, 3.05) is 17.7 Å². The fourth-order valence-electron chi connectivity index (χ4n) is 3.97. The van der Waals surface area contributed by atoms with E-state index in [2.05, 4.69) is 22.9 Å². The monoisotopic (exact) mass is 443 g/mol. The molecule has 1 fully saturated rings. The maximum absolute atomic E-state index is 12.3. The van der Waals surface area contributed by atoms with E-state index in [1.807, 2.05) is 24.3 Å². The molecule has 1 heterocycles. The summed E-state index contributed by atoms with van der Waals surface area (Å²) in [5, 5.41) is 11.7. The van der Waals surface area contributed by atoms with Gasteiger partial charge in [-0.3, -0.25) is 4.79 Å². The maximum Gasteiger partial charge on any atom is 0.228 e. The Bertz CT molecular complexity index is 919. The largest absolute Gasteiger partial charge is 0.497 e. The highest BCUT2D eigenvalue weighted by molar-refractivity contribution is 7.80. The van der Waals surface area contributed by atoms with Crippen molar-refractivity contribution in [3.05, 3.63) is 40.3 Å². The highest BCUT2D eigenvalue weighted by atomic mass is 32.1. The van der Waals surface area contributed by atoms with Gasteiger partial charge in [0.25, 0.3) is 0 Å². The van der Waals surface area contributed by atoms with E-state index in [9.17, 15) is 4.79 Å². The van der Waals surface area contributed by atoms with Crippen LogP contribution < -0.4 is 20.7 Å². The van der Waals surface area contributed by atoms with Crippen molar-refractivity contribution in [2.45, 2.75) is 57.9 Å². The molecule has 2 aliphatic carbocycles. The average Bonchev–Trinajstić information content (AvgIpc) is 3.54. The predicted octanol–water partition coefficient (Wildman–Crippen LogP) is 4.90. The summed E-state index contributed by atoms with van der Waals surface area (Å²) in [6.07, 6.45) is 7.16. The number of anilines is 2. The number of methoxy groups -OCH3 is 1. The van der Waals surface area contributed by atoms with E-state index in [1.54, 1.807) is 18.4 Å². The molecule has 0 saturated heterocycles. The van der Waals surface area contributed by atoms with Gasteiger partial charge in [0, 0.05) is 22.5 Å². The van der Waals surface area contributed by atoms with Crippen molar-refractivity contribution in [2.24, 2.45) is 5.92 Å². The molecule has 1 saturated carbocycles. The van der Waals surface area contributed by atoms with Gasteiger partial charge in [-0.25, -0.2) is 0 Å². The Balaban J connectivity index is 1.40. The van der Waals surface area contributed by atoms with Crippen molar-refractivity contribution in [3.63, 3.8) is 0 Å². The number of carbonyl (C=O) groups is 1. The van der Waals surface area contributed by atoms with Crippen LogP contribution in [0.4, 0.5) is 10.7 Å². The van der Waals surface area contributed by atoms with Gasteiger partial charge in [0.05, 0.1) is 12.1 Å². The van der Waals surface area contributed by atoms with Gasteiger partial charge in [-0.2, -0.15) is 0 Å². The van der Waals surface area contributed by atoms with E-state index < -0.39 is 0 Å². The Morgan fingerprint density at radius 1 is 1.20 bits per heavy atom. The van der Waals surface area contributed by atoms with Crippen molar-refractivity contribution >= 4 is 45.3 Å². The van der Waals surface area contributed by atoms with E-state index in [4.69, 9.17) is 17.0 Å². The van der Waals surface area contributed by atoms with Gasteiger partial charge >= 0.3 is 0 Å². The fourth-order valence-corrected chi connectivity index (χ4v) is 5.55. The normalized spacial score (nSPS) is 17.7. The lowest BCUT2D eigenvalue weighted by Gasteiger charge is -2.25. The number of fused-ring (bicyclic) bond motifs is 1. The van der Waals surface area contributed by atoms with Crippen LogP contribution in [0.15, 0.2) is 24.3 Å². The molecule has 4 rings (SSSR count). The number of rotatable bonds is 7. The number of carbonyl (C=O) groups excluding carboxylic acids is 1. The molecule has 0 spiro atoms. The zero-order valence-electron chi connectivity index (χ0n) is 17.5. The first-order valence-electron chi connectivity index (χ1n) is 10.7. The summed E-state index contributed by atoms with van der Waals surface area (Å²) in [5.74, 6) is 1.25. The van der Waals surface area contributed by atoms with E-state index in [-0.39, 0.29) is 11.8 Å². The first-order chi connectivity index (χ1) is 14.6. The number of nitrogens with one attached hydrogen (secondary N) is 3. The standard InChI is InChI=1S/C23H29N3O2S2/c1-3-4-18-19-13-16(25-23(29)24-15-7-10-17(28-2)11-8-15)9-12-20(19)30-22(18)26-21(27)14-5-6-14/h7-8,10-11,14,16H,3-6,9,12-13H2,1-2H3,(H,26,27)(H2,24,25,29). The highest BCUT2D eigenvalue weighted by Gasteiger charge is 2.32. The van der Waals surface area contributed by atoms with Crippen LogP contribution in [-0.2, 0) is 24.1 Å². The van der Waals surface area contributed by atoms with Crippen molar-refractivity contribution in [1.82, 2.24) is 5.32 Å². The summed E-state index contributed by atoms with van der Waals surface area (Å²) < 4.78 is 5.20. The van der Waals surface area contributed by atoms with Crippen LogP contribution in [0.1, 0.15) is 48.6 Å². The molecule has 5 nitrogen and oxygen atoms in total. The minimum absolute atomic E-state index is 0.200. The zero-order valence-corrected chi connectivity index (χ0v) is 19.2. The molecule has 0 aliphatic heterocycles. The minimum atomic E-state index is 0.200. The third kappa shape index (κ3) is 4.95. The topological polar surface area (TPSA) is 62.4 Å². The highest BCUT2D eigenvalue weighted by Crippen LogP contribution is 2.40. The number of hydrogen-bond acceptors (Lipinski definition) is 4. The molecular weight excluding hydrogens is 414 g/mol. The first-order valence-corrected chi connectivity index (χ1v) is 12.0. The Morgan fingerprint density at radius 2 is 1.97 bits per heavy atom. The molecule has 3 N–H and O–H groups in total. The molecule has 1 unspecified atom stereocenters. The van der Waals surface area contributed by atoms with Crippen LogP contribution >= 0.6 is 23.6 Å². The van der Waals surface area contributed by atoms with E-state index in [1.165, 1.54) is 16.0 Å². The summed E-state index contributed by atoms with van der Waals surface area (Å²) in [4.78, 5) is 13.7. The quantitative estimate of drug-likeness (QED) is 0.531. The number of amides is 1. The second-order valence-electron chi connectivity index (χ2n) is 8.09. The van der Waals surface area contributed by atoms with Gasteiger partial charge in [0.15, 0.2) is 5.11 Å².